The molecule has 1 amide bonds. The Kier molecular flexibility index (Phi) is 4.88. The first-order valence-corrected chi connectivity index (χ1v) is 8.43. The molecule has 9 nitrogen and oxygen atoms in total. The van der Waals surface area contributed by atoms with E-state index >= 15 is 0 Å². The first-order valence-electron chi connectivity index (χ1n) is 8.43. The maximum Gasteiger partial charge on any atom is 0.254 e. The number of nitrogens with zero attached hydrogens (tertiary/aromatic N) is 6. The largest absolute Gasteiger partial charge is 0.361 e. The standard InChI is InChI=1S/C17H23N7O2/c1-22(2)16-13(8-18-17(21-16)23(3)4)20-14(25)9-24-10-19-12(7-15(24)26)11-5-6-11/h7-8,10-11H,5-6,9H2,1-4H3,(H,20,25). The van der Waals surface area contributed by atoms with Crippen LogP contribution < -0.4 is 20.7 Å². The first-order chi connectivity index (χ1) is 12.3. The Morgan fingerprint density at radius 1 is 1.23 bits per heavy atom. The van der Waals surface area contributed by atoms with Crippen molar-refractivity contribution in [2.75, 3.05) is 43.3 Å². The zero-order valence-electron chi connectivity index (χ0n) is 15.4. The maximum absolute atomic E-state index is 12.4. The summed E-state index contributed by atoms with van der Waals surface area (Å²) in [5.41, 5.74) is 1.08. The van der Waals surface area contributed by atoms with Crippen LogP contribution in [0.2, 0.25) is 0 Å². The molecule has 2 aromatic rings. The molecule has 0 spiro atoms. The van der Waals surface area contributed by atoms with Gasteiger partial charge in [0.15, 0.2) is 5.82 Å². The molecule has 0 aliphatic heterocycles. The van der Waals surface area contributed by atoms with E-state index in [0.717, 1.165) is 18.5 Å². The van der Waals surface area contributed by atoms with Gasteiger partial charge in [0.1, 0.15) is 12.2 Å². The number of anilines is 3. The molecule has 9 heteroatoms. The molecule has 1 aliphatic carbocycles. The fourth-order valence-corrected chi connectivity index (χ4v) is 2.51. The average Bonchev–Trinajstić information content (AvgIpc) is 3.41. The Hall–Kier alpha value is -2.97. The van der Waals surface area contributed by atoms with E-state index in [1.807, 2.05) is 28.2 Å². The van der Waals surface area contributed by atoms with E-state index in [2.05, 4.69) is 20.3 Å². The molecule has 0 bridgehead atoms. The minimum absolute atomic E-state index is 0.112. The van der Waals surface area contributed by atoms with E-state index in [1.165, 1.54) is 17.0 Å². The lowest BCUT2D eigenvalue weighted by molar-refractivity contribution is -0.116. The van der Waals surface area contributed by atoms with Crippen LogP contribution in [-0.2, 0) is 11.3 Å². The van der Waals surface area contributed by atoms with Crippen LogP contribution >= 0.6 is 0 Å². The fraction of sp³-hybridized carbons (Fsp3) is 0.471. The summed E-state index contributed by atoms with van der Waals surface area (Å²) in [5, 5.41) is 2.77. The average molecular weight is 357 g/mol. The normalized spacial score (nSPS) is 13.4. The second-order valence-corrected chi connectivity index (χ2v) is 6.80. The van der Waals surface area contributed by atoms with Crippen molar-refractivity contribution in [3.05, 3.63) is 34.6 Å². The Morgan fingerprint density at radius 2 is 1.96 bits per heavy atom. The fourth-order valence-electron chi connectivity index (χ4n) is 2.51. The summed E-state index contributed by atoms with van der Waals surface area (Å²) in [5.74, 6) is 1.20. The Balaban J connectivity index is 1.74. The van der Waals surface area contributed by atoms with E-state index in [9.17, 15) is 9.59 Å². The smallest absolute Gasteiger partial charge is 0.254 e. The molecule has 26 heavy (non-hydrogen) atoms. The van der Waals surface area contributed by atoms with Gasteiger partial charge in [0, 0.05) is 40.2 Å². The summed E-state index contributed by atoms with van der Waals surface area (Å²) < 4.78 is 1.30. The highest BCUT2D eigenvalue weighted by molar-refractivity contribution is 5.93. The zero-order chi connectivity index (χ0) is 18.8. The van der Waals surface area contributed by atoms with Gasteiger partial charge in [0.2, 0.25) is 11.9 Å². The van der Waals surface area contributed by atoms with Gasteiger partial charge in [-0.2, -0.15) is 4.98 Å². The van der Waals surface area contributed by atoms with E-state index in [4.69, 9.17) is 0 Å². The molecule has 0 atom stereocenters. The van der Waals surface area contributed by atoms with Gasteiger partial charge in [-0.25, -0.2) is 9.97 Å². The molecule has 1 saturated carbocycles. The lowest BCUT2D eigenvalue weighted by Gasteiger charge is -2.19. The van der Waals surface area contributed by atoms with Crippen molar-refractivity contribution in [1.29, 1.82) is 0 Å². The highest BCUT2D eigenvalue weighted by Gasteiger charge is 2.25. The van der Waals surface area contributed by atoms with Gasteiger partial charge >= 0.3 is 0 Å². The highest BCUT2D eigenvalue weighted by Crippen LogP contribution is 2.38. The monoisotopic (exact) mass is 357 g/mol. The van der Waals surface area contributed by atoms with E-state index in [0.29, 0.717) is 23.4 Å². The Labute approximate surface area is 151 Å². The Bertz CT molecular complexity index is 872. The van der Waals surface area contributed by atoms with E-state index in [1.54, 1.807) is 16.0 Å². The molecule has 0 saturated heterocycles. The van der Waals surface area contributed by atoms with Gasteiger partial charge in [0.25, 0.3) is 5.56 Å². The van der Waals surface area contributed by atoms with Crippen molar-refractivity contribution < 1.29 is 4.79 Å². The summed E-state index contributed by atoms with van der Waals surface area (Å²) in [7, 11) is 7.36. The number of carbonyl (C=O) groups excluding carboxylic acids is 1. The van der Waals surface area contributed by atoms with Gasteiger partial charge in [-0.05, 0) is 12.8 Å². The van der Waals surface area contributed by atoms with Crippen molar-refractivity contribution in [3.63, 3.8) is 0 Å². The second-order valence-electron chi connectivity index (χ2n) is 6.80. The van der Waals surface area contributed by atoms with Gasteiger partial charge in [-0.15, -0.1) is 0 Å². The van der Waals surface area contributed by atoms with Crippen LogP contribution in [0.1, 0.15) is 24.5 Å². The quantitative estimate of drug-likeness (QED) is 0.812. The molecule has 2 aromatic heterocycles. The van der Waals surface area contributed by atoms with Gasteiger partial charge in [-0.1, -0.05) is 0 Å². The molecule has 1 fully saturated rings. The summed E-state index contributed by atoms with van der Waals surface area (Å²) in [6.45, 7) is -0.112. The summed E-state index contributed by atoms with van der Waals surface area (Å²) in [6.07, 6.45) is 5.15. The summed E-state index contributed by atoms with van der Waals surface area (Å²) >= 11 is 0. The number of rotatable bonds is 6. The zero-order valence-corrected chi connectivity index (χ0v) is 15.4. The number of aromatic nitrogens is 4. The van der Waals surface area contributed by atoms with Crippen LogP contribution in [0.4, 0.5) is 17.5 Å². The molecular weight excluding hydrogens is 334 g/mol. The van der Waals surface area contributed by atoms with Crippen LogP contribution in [0.25, 0.3) is 0 Å². The molecule has 0 aromatic carbocycles. The third kappa shape index (κ3) is 3.98. The van der Waals surface area contributed by atoms with Gasteiger partial charge in [-0.3, -0.25) is 14.2 Å². The number of amides is 1. The lowest BCUT2D eigenvalue weighted by Crippen LogP contribution is -2.28. The molecule has 138 valence electrons. The van der Waals surface area contributed by atoms with Crippen molar-refractivity contribution in [3.8, 4) is 0 Å². The summed E-state index contributed by atoms with van der Waals surface area (Å²) in [4.78, 5) is 41.1. The van der Waals surface area contributed by atoms with Crippen molar-refractivity contribution in [1.82, 2.24) is 19.5 Å². The SMILES string of the molecule is CN(C)c1ncc(NC(=O)Cn2cnc(C3CC3)cc2=O)c(N(C)C)n1. The molecule has 2 heterocycles. The minimum atomic E-state index is -0.336. The number of nitrogens with one attached hydrogen (secondary N) is 1. The molecule has 0 unspecified atom stereocenters. The predicted octanol–water partition coefficient (Wildman–Crippen LogP) is 0.681. The maximum atomic E-state index is 12.4. The van der Waals surface area contributed by atoms with Crippen LogP contribution in [0.3, 0.4) is 0 Å². The highest BCUT2D eigenvalue weighted by atomic mass is 16.2. The predicted molar refractivity (Wildman–Crippen MR) is 99.8 cm³/mol. The van der Waals surface area contributed by atoms with Crippen molar-refractivity contribution in [2.24, 2.45) is 0 Å². The van der Waals surface area contributed by atoms with Crippen molar-refractivity contribution >= 4 is 23.4 Å². The lowest BCUT2D eigenvalue weighted by atomic mass is 10.3. The van der Waals surface area contributed by atoms with E-state index in [-0.39, 0.29) is 18.0 Å². The van der Waals surface area contributed by atoms with Crippen LogP contribution in [0.15, 0.2) is 23.4 Å². The van der Waals surface area contributed by atoms with Crippen LogP contribution in [0, 0.1) is 0 Å². The number of hydrogen-bond donors (Lipinski definition) is 1. The Morgan fingerprint density at radius 3 is 2.54 bits per heavy atom. The van der Waals surface area contributed by atoms with Crippen LogP contribution in [0.5, 0.6) is 0 Å². The van der Waals surface area contributed by atoms with Crippen molar-refractivity contribution in [2.45, 2.75) is 25.3 Å². The third-order valence-electron chi connectivity index (χ3n) is 4.06. The first kappa shape index (κ1) is 17.8. The molecule has 0 radical (unpaired) electrons. The number of carbonyl (C=O) groups is 1. The third-order valence-corrected chi connectivity index (χ3v) is 4.06. The molecule has 1 N–H and O–H groups in total. The second kappa shape index (κ2) is 7.11. The van der Waals surface area contributed by atoms with Gasteiger partial charge in [0.05, 0.1) is 18.2 Å². The van der Waals surface area contributed by atoms with E-state index < -0.39 is 0 Å². The van der Waals surface area contributed by atoms with Gasteiger partial charge < -0.3 is 15.1 Å². The minimum Gasteiger partial charge on any atom is -0.361 e. The molecule has 1 aliphatic rings. The molecular formula is C17H23N7O2. The van der Waals surface area contributed by atoms with Crippen LogP contribution in [-0.4, -0.2) is 53.6 Å². The number of hydrogen-bond acceptors (Lipinski definition) is 7. The summed E-state index contributed by atoms with van der Waals surface area (Å²) in [6, 6.07) is 1.52. The molecule has 3 rings (SSSR count). The topological polar surface area (TPSA) is 96.2 Å².